The van der Waals surface area contributed by atoms with E-state index in [2.05, 4.69) is 49.7 Å². The van der Waals surface area contributed by atoms with E-state index in [9.17, 15) is 0 Å². The third-order valence-electron chi connectivity index (χ3n) is 5.64. The number of anilines is 1. The average Bonchev–Trinajstić information content (AvgIpc) is 2.77. The lowest BCUT2D eigenvalue weighted by molar-refractivity contribution is 0.00578. The Bertz CT molecular complexity index is 538. The molecule has 0 unspecified atom stereocenters. The van der Waals surface area contributed by atoms with Crippen LogP contribution in [0.25, 0.3) is 0 Å². The molecule has 2 saturated heterocycles. The first-order valence-electron chi connectivity index (χ1n) is 8.88. The van der Waals surface area contributed by atoms with Crippen molar-refractivity contribution in [2.75, 3.05) is 31.7 Å². The molecule has 0 spiro atoms. The van der Waals surface area contributed by atoms with Crippen molar-refractivity contribution in [3.63, 3.8) is 0 Å². The normalized spacial score (nSPS) is 23.7. The topological polar surface area (TPSA) is 43.8 Å². The van der Waals surface area contributed by atoms with E-state index in [1.165, 1.54) is 0 Å². The summed E-state index contributed by atoms with van der Waals surface area (Å²) in [7, 11) is 1.44. The number of nitrogens with zero attached hydrogens (tertiary/aromatic N) is 2. The van der Waals surface area contributed by atoms with Crippen molar-refractivity contribution in [2.45, 2.75) is 51.7 Å². The van der Waals surface area contributed by atoms with Gasteiger partial charge in [0.1, 0.15) is 5.82 Å². The highest BCUT2D eigenvalue weighted by Crippen LogP contribution is 2.36. The molecule has 0 amide bonds. The number of hydrogen-bond donors (Lipinski definition) is 0. The second-order valence-electron chi connectivity index (χ2n) is 7.92. The molecule has 0 aromatic carbocycles. The van der Waals surface area contributed by atoms with Gasteiger partial charge in [-0.05, 0) is 52.5 Å². The van der Waals surface area contributed by atoms with Crippen LogP contribution >= 0.6 is 0 Å². The Morgan fingerprint density at radius 3 is 2.29 bits per heavy atom. The van der Waals surface area contributed by atoms with Crippen molar-refractivity contribution in [3.8, 4) is 0 Å². The van der Waals surface area contributed by atoms with Crippen LogP contribution in [0.3, 0.4) is 0 Å². The van der Waals surface area contributed by atoms with Gasteiger partial charge in [0.25, 0.3) is 0 Å². The van der Waals surface area contributed by atoms with Crippen molar-refractivity contribution in [1.82, 2.24) is 4.98 Å². The van der Waals surface area contributed by atoms with E-state index in [1.54, 1.807) is 7.11 Å². The lowest BCUT2D eigenvalue weighted by atomic mass is 9.80. The van der Waals surface area contributed by atoms with Crippen LogP contribution in [0, 0.1) is 5.92 Å². The van der Waals surface area contributed by atoms with Crippen LogP contribution in [0.2, 0.25) is 0 Å². The van der Waals surface area contributed by atoms with E-state index < -0.39 is 0 Å². The van der Waals surface area contributed by atoms with Gasteiger partial charge in [0.05, 0.1) is 11.2 Å². The molecular formula is C18H29BN2O3. The summed E-state index contributed by atoms with van der Waals surface area (Å²) >= 11 is 0. The molecular weight excluding hydrogens is 303 g/mol. The van der Waals surface area contributed by atoms with E-state index >= 15 is 0 Å². The fourth-order valence-electron chi connectivity index (χ4n) is 3.27. The van der Waals surface area contributed by atoms with E-state index in [-0.39, 0.29) is 18.3 Å². The first kappa shape index (κ1) is 17.7. The first-order chi connectivity index (χ1) is 11.3. The number of piperidine rings is 1. The predicted molar refractivity (Wildman–Crippen MR) is 96.8 cm³/mol. The minimum atomic E-state index is -0.344. The van der Waals surface area contributed by atoms with Crippen LogP contribution in [0.4, 0.5) is 5.82 Å². The summed E-state index contributed by atoms with van der Waals surface area (Å²) in [5, 5.41) is 0. The number of hydrogen-bond acceptors (Lipinski definition) is 5. The van der Waals surface area contributed by atoms with Gasteiger partial charge >= 0.3 is 7.12 Å². The number of aromatic nitrogens is 1. The van der Waals surface area contributed by atoms with Crippen molar-refractivity contribution < 1.29 is 14.0 Å². The first-order valence-corrected chi connectivity index (χ1v) is 8.88. The summed E-state index contributed by atoms with van der Waals surface area (Å²) in [5.74, 6) is 1.71. The average molecular weight is 332 g/mol. The highest BCUT2D eigenvalue weighted by atomic mass is 16.7. The maximum absolute atomic E-state index is 6.09. The smallest absolute Gasteiger partial charge is 0.399 e. The van der Waals surface area contributed by atoms with Crippen LogP contribution in [0.15, 0.2) is 18.3 Å². The van der Waals surface area contributed by atoms with Gasteiger partial charge < -0.3 is 18.9 Å². The van der Waals surface area contributed by atoms with Crippen LogP contribution in [0.5, 0.6) is 0 Å². The van der Waals surface area contributed by atoms with Crippen molar-refractivity contribution in [2.24, 2.45) is 5.92 Å². The van der Waals surface area contributed by atoms with Crippen LogP contribution < -0.4 is 10.4 Å². The quantitative estimate of drug-likeness (QED) is 0.791. The molecule has 0 aliphatic carbocycles. The van der Waals surface area contributed by atoms with Gasteiger partial charge in [-0.25, -0.2) is 4.98 Å². The van der Waals surface area contributed by atoms with Gasteiger partial charge in [-0.1, -0.05) is 6.07 Å². The molecule has 3 heterocycles. The second kappa shape index (κ2) is 6.66. The number of pyridine rings is 1. The third-order valence-corrected chi connectivity index (χ3v) is 5.64. The molecule has 2 aliphatic heterocycles. The molecule has 6 heteroatoms. The number of ether oxygens (including phenoxy) is 1. The molecule has 0 radical (unpaired) electrons. The molecule has 0 saturated carbocycles. The number of methoxy groups -OCH3 is 1. The van der Waals surface area contributed by atoms with Gasteiger partial charge in [0.15, 0.2) is 0 Å². The molecule has 0 atom stereocenters. The summed E-state index contributed by atoms with van der Waals surface area (Å²) in [6.45, 7) is 11.2. The van der Waals surface area contributed by atoms with E-state index in [0.717, 1.165) is 43.8 Å². The summed E-state index contributed by atoms with van der Waals surface area (Å²) < 4.78 is 17.4. The van der Waals surface area contributed by atoms with E-state index in [1.807, 2.05) is 6.20 Å². The van der Waals surface area contributed by atoms with E-state index in [4.69, 9.17) is 14.0 Å². The minimum absolute atomic E-state index is 0.320. The van der Waals surface area contributed by atoms with Crippen LogP contribution in [-0.2, 0) is 14.0 Å². The van der Waals surface area contributed by atoms with Gasteiger partial charge in [-0.15, -0.1) is 0 Å². The molecule has 1 aromatic heterocycles. The second-order valence-corrected chi connectivity index (χ2v) is 7.92. The molecule has 0 bridgehead atoms. The lowest BCUT2D eigenvalue weighted by Crippen LogP contribution is -2.41. The Hall–Kier alpha value is -1.11. The molecule has 0 N–H and O–H groups in total. The Kier molecular flexibility index (Phi) is 4.91. The van der Waals surface area contributed by atoms with Crippen LogP contribution in [-0.4, -0.2) is 50.1 Å². The maximum Gasteiger partial charge on any atom is 0.496 e. The fraction of sp³-hybridized carbons (Fsp3) is 0.722. The summed E-state index contributed by atoms with van der Waals surface area (Å²) in [6.07, 6.45) is 4.21. The Balaban J connectivity index is 1.63. The zero-order valence-electron chi connectivity index (χ0n) is 15.5. The van der Waals surface area contributed by atoms with Crippen molar-refractivity contribution >= 4 is 18.4 Å². The van der Waals surface area contributed by atoms with Gasteiger partial charge in [-0.2, -0.15) is 0 Å². The van der Waals surface area contributed by atoms with Gasteiger partial charge in [0, 0.05) is 38.5 Å². The Labute approximate surface area is 145 Å². The van der Waals surface area contributed by atoms with Crippen LogP contribution in [0.1, 0.15) is 40.5 Å². The number of rotatable bonds is 4. The summed E-state index contributed by atoms with van der Waals surface area (Å²) in [5.41, 5.74) is 0.339. The summed E-state index contributed by atoms with van der Waals surface area (Å²) in [6, 6.07) is 4.16. The summed E-state index contributed by atoms with van der Waals surface area (Å²) in [4.78, 5) is 7.00. The fourth-order valence-corrected chi connectivity index (χ4v) is 3.27. The zero-order chi connectivity index (χ0) is 17.4. The SMILES string of the molecule is COCC1CCN(c2ccc(B3OC(C)(C)C(C)(C)O3)cn2)CC1. The monoisotopic (exact) mass is 332 g/mol. The molecule has 1 aromatic rings. The molecule has 2 aliphatic rings. The standard InChI is InChI=1S/C18H29BN2O3/c1-17(2)18(3,4)24-19(23-17)15-6-7-16(20-12-15)21-10-8-14(9-11-21)13-22-5/h6-7,12,14H,8-11,13H2,1-5H3. The molecule has 2 fully saturated rings. The Morgan fingerprint density at radius 2 is 1.79 bits per heavy atom. The lowest BCUT2D eigenvalue weighted by Gasteiger charge is -2.32. The van der Waals surface area contributed by atoms with Crippen molar-refractivity contribution in [3.05, 3.63) is 18.3 Å². The Morgan fingerprint density at radius 1 is 1.17 bits per heavy atom. The molecule has 3 rings (SSSR count). The zero-order valence-corrected chi connectivity index (χ0v) is 15.5. The molecule has 24 heavy (non-hydrogen) atoms. The molecule has 5 nitrogen and oxygen atoms in total. The van der Waals surface area contributed by atoms with Gasteiger partial charge in [0.2, 0.25) is 0 Å². The minimum Gasteiger partial charge on any atom is -0.399 e. The highest BCUT2D eigenvalue weighted by Gasteiger charge is 2.51. The van der Waals surface area contributed by atoms with Crippen molar-refractivity contribution in [1.29, 1.82) is 0 Å². The predicted octanol–water partition coefficient (Wildman–Crippen LogP) is 2.24. The third kappa shape index (κ3) is 3.46. The van der Waals surface area contributed by atoms with Gasteiger partial charge in [-0.3, -0.25) is 0 Å². The highest BCUT2D eigenvalue weighted by molar-refractivity contribution is 6.62. The van der Waals surface area contributed by atoms with E-state index in [0.29, 0.717) is 5.92 Å². The largest absolute Gasteiger partial charge is 0.496 e. The maximum atomic E-state index is 6.09. The molecule has 132 valence electrons.